The SMILES string of the molecule is CCC(C)NC(=O)CCNC(=NC)NCC1CN(CC(C)C)CCO1.I. The molecule has 154 valence electrons. The van der Waals surface area contributed by atoms with Gasteiger partial charge in [0.2, 0.25) is 5.91 Å². The van der Waals surface area contributed by atoms with E-state index in [0.717, 1.165) is 32.7 Å². The van der Waals surface area contributed by atoms with Crippen LogP contribution in [-0.4, -0.2) is 75.3 Å². The van der Waals surface area contributed by atoms with Crippen molar-refractivity contribution in [2.75, 3.05) is 46.4 Å². The average Bonchev–Trinajstić information content (AvgIpc) is 2.57. The van der Waals surface area contributed by atoms with Crippen molar-refractivity contribution in [3.05, 3.63) is 0 Å². The molecule has 2 unspecified atom stereocenters. The number of carbonyl (C=O) groups excluding carboxylic acids is 1. The number of hydrogen-bond acceptors (Lipinski definition) is 4. The third-order valence-corrected chi connectivity index (χ3v) is 4.23. The number of guanidine groups is 1. The Hall–Kier alpha value is -0.610. The van der Waals surface area contributed by atoms with Crippen LogP contribution in [0.4, 0.5) is 0 Å². The first-order valence-electron chi connectivity index (χ1n) is 9.52. The van der Waals surface area contributed by atoms with Crippen LogP contribution in [0.2, 0.25) is 0 Å². The van der Waals surface area contributed by atoms with Gasteiger partial charge in [0.05, 0.1) is 12.7 Å². The molecule has 1 amide bonds. The lowest BCUT2D eigenvalue weighted by Crippen LogP contribution is -2.50. The van der Waals surface area contributed by atoms with Crippen molar-refractivity contribution in [2.24, 2.45) is 10.9 Å². The summed E-state index contributed by atoms with van der Waals surface area (Å²) in [6.45, 7) is 13.7. The van der Waals surface area contributed by atoms with Gasteiger partial charge in [-0.05, 0) is 19.3 Å². The van der Waals surface area contributed by atoms with Crippen molar-refractivity contribution in [3.63, 3.8) is 0 Å². The molecular formula is C18H38IN5O2. The number of rotatable bonds is 9. The minimum Gasteiger partial charge on any atom is -0.374 e. The average molecular weight is 483 g/mol. The van der Waals surface area contributed by atoms with Gasteiger partial charge < -0.3 is 20.7 Å². The predicted molar refractivity (Wildman–Crippen MR) is 118 cm³/mol. The molecule has 0 aromatic heterocycles. The monoisotopic (exact) mass is 483 g/mol. The zero-order valence-electron chi connectivity index (χ0n) is 17.0. The Morgan fingerprint density at radius 2 is 2.04 bits per heavy atom. The van der Waals surface area contributed by atoms with Gasteiger partial charge in [-0.1, -0.05) is 20.8 Å². The van der Waals surface area contributed by atoms with Crippen molar-refractivity contribution >= 4 is 35.8 Å². The summed E-state index contributed by atoms with van der Waals surface area (Å²) in [7, 11) is 1.74. The van der Waals surface area contributed by atoms with Crippen LogP contribution in [-0.2, 0) is 9.53 Å². The maximum absolute atomic E-state index is 11.8. The van der Waals surface area contributed by atoms with Gasteiger partial charge >= 0.3 is 0 Å². The van der Waals surface area contributed by atoms with Crippen LogP contribution < -0.4 is 16.0 Å². The number of nitrogens with one attached hydrogen (secondary N) is 3. The summed E-state index contributed by atoms with van der Waals surface area (Å²) < 4.78 is 5.83. The number of hydrogen-bond donors (Lipinski definition) is 3. The van der Waals surface area contributed by atoms with Crippen LogP contribution in [0.3, 0.4) is 0 Å². The van der Waals surface area contributed by atoms with Crippen LogP contribution in [0.1, 0.15) is 40.5 Å². The van der Waals surface area contributed by atoms with Gasteiger partial charge in [-0.15, -0.1) is 24.0 Å². The summed E-state index contributed by atoms with van der Waals surface area (Å²) in [5, 5.41) is 9.44. The van der Waals surface area contributed by atoms with Crippen molar-refractivity contribution in [3.8, 4) is 0 Å². The fourth-order valence-corrected chi connectivity index (χ4v) is 2.76. The van der Waals surface area contributed by atoms with E-state index in [2.05, 4.69) is 46.6 Å². The molecule has 1 aliphatic rings. The molecule has 1 rings (SSSR count). The second-order valence-electron chi connectivity index (χ2n) is 7.15. The summed E-state index contributed by atoms with van der Waals surface area (Å²) in [4.78, 5) is 18.4. The Morgan fingerprint density at radius 3 is 2.65 bits per heavy atom. The summed E-state index contributed by atoms with van der Waals surface area (Å²) >= 11 is 0. The summed E-state index contributed by atoms with van der Waals surface area (Å²) in [6, 6.07) is 0.224. The standard InChI is InChI=1S/C18H37N5O2.HI/c1-6-15(4)22-17(24)7-8-20-18(19-5)21-11-16-13-23(9-10-25-16)12-14(2)3;/h14-16H,6-13H2,1-5H3,(H,22,24)(H2,19,20,21);1H. The van der Waals surface area contributed by atoms with Crippen LogP contribution >= 0.6 is 24.0 Å². The van der Waals surface area contributed by atoms with E-state index < -0.39 is 0 Å². The van der Waals surface area contributed by atoms with Crippen molar-refractivity contribution in [2.45, 2.75) is 52.7 Å². The molecule has 8 heteroatoms. The quantitative estimate of drug-likeness (QED) is 0.263. The molecule has 0 aliphatic carbocycles. The molecule has 0 aromatic carbocycles. The number of ether oxygens (including phenoxy) is 1. The Kier molecular flexibility index (Phi) is 14.1. The number of morpholine rings is 1. The largest absolute Gasteiger partial charge is 0.374 e. The number of amides is 1. The van der Waals surface area contributed by atoms with Gasteiger partial charge in [-0.2, -0.15) is 0 Å². The molecule has 0 radical (unpaired) electrons. The maximum atomic E-state index is 11.8. The molecular weight excluding hydrogens is 445 g/mol. The Balaban J connectivity index is 0.00000625. The van der Waals surface area contributed by atoms with Crippen molar-refractivity contribution in [1.29, 1.82) is 0 Å². The van der Waals surface area contributed by atoms with Gasteiger partial charge in [0, 0.05) is 52.2 Å². The molecule has 1 fully saturated rings. The lowest BCUT2D eigenvalue weighted by atomic mass is 10.2. The van der Waals surface area contributed by atoms with E-state index in [0.29, 0.717) is 31.4 Å². The highest BCUT2D eigenvalue weighted by atomic mass is 127. The van der Waals surface area contributed by atoms with Crippen LogP contribution in [0, 0.1) is 5.92 Å². The number of halogens is 1. The fraction of sp³-hybridized carbons (Fsp3) is 0.889. The normalized spacial score (nSPS) is 19.6. The van der Waals surface area contributed by atoms with Gasteiger partial charge in [0.25, 0.3) is 0 Å². The number of nitrogens with zero attached hydrogens (tertiary/aromatic N) is 2. The second-order valence-corrected chi connectivity index (χ2v) is 7.15. The molecule has 1 aliphatic heterocycles. The first-order valence-corrected chi connectivity index (χ1v) is 9.52. The third kappa shape index (κ3) is 11.2. The number of carbonyl (C=O) groups is 1. The minimum atomic E-state index is 0. The van der Waals surface area contributed by atoms with Crippen LogP contribution in [0.15, 0.2) is 4.99 Å². The zero-order valence-corrected chi connectivity index (χ0v) is 19.3. The van der Waals surface area contributed by atoms with E-state index in [9.17, 15) is 4.79 Å². The van der Waals surface area contributed by atoms with Gasteiger partial charge in [-0.25, -0.2) is 0 Å². The second kappa shape index (κ2) is 14.4. The van der Waals surface area contributed by atoms with E-state index in [1.165, 1.54) is 0 Å². The fourth-order valence-electron chi connectivity index (χ4n) is 2.76. The smallest absolute Gasteiger partial charge is 0.221 e. The summed E-state index contributed by atoms with van der Waals surface area (Å²) in [5.41, 5.74) is 0. The van der Waals surface area contributed by atoms with E-state index in [-0.39, 0.29) is 42.0 Å². The predicted octanol–water partition coefficient (Wildman–Crippen LogP) is 1.43. The van der Waals surface area contributed by atoms with E-state index in [4.69, 9.17) is 4.74 Å². The third-order valence-electron chi connectivity index (χ3n) is 4.23. The van der Waals surface area contributed by atoms with Gasteiger partial charge in [0.15, 0.2) is 5.96 Å². The van der Waals surface area contributed by atoms with Crippen LogP contribution in [0.5, 0.6) is 0 Å². The minimum absolute atomic E-state index is 0. The molecule has 7 nitrogen and oxygen atoms in total. The highest BCUT2D eigenvalue weighted by Crippen LogP contribution is 2.07. The molecule has 2 atom stereocenters. The van der Waals surface area contributed by atoms with Crippen molar-refractivity contribution in [1.82, 2.24) is 20.9 Å². The summed E-state index contributed by atoms with van der Waals surface area (Å²) in [5.74, 6) is 1.45. The Bertz CT molecular complexity index is 420. The first-order chi connectivity index (χ1) is 11.9. The molecule has 0 bridgehead atoms. The summed E-state index contributed by atoms with van der Waals surface area (Å²) in [6.07, 6.45) is 1.55. The maximum Gasteiger partial charge on any atom is 0.221 e. The van der Waals surface area contributed by atoms with Crippen molar-refractivity contribution < 1.29 is 9.53 Å². The lowest BCUT2D eigenvalue weighted by molar-refractivity contribution is -0.121. The molecule has 0 aromatic rings. The Labute approximate surface area is 176 Å². The lowest BCUT2D eigenvalue weighted by Gasteiger charge is -2.34. The van der Waals surface area contributed by atoms with Crippen LogP contribution in [0.25, 0.3) is 0 Å². The van der Waals surface area contributed by atoms with Gasteiger partial charge in [0.1, 0.15) is 0 Å². The molecule has 1 saturated heterocycles. The van der Waals surface area contributed by atoms with E-state index >= 15 is 0 Å². The topological polar surface area (TPSA) is 78.0 Å². The zero-order chi connectivity index (χ0) is 18.7. The van der Waals surface area contributed by atoms with E-state index in [1.54, 1.807) is 7.05 Å². The molecule has 26 heavy (non-hydrogen) atoms. The first kappa shape index (κ1) is 25.4. The Morgan fingerprint density at radius 1 is 1.31 bits per heavy atom. The molecule has 0 spiro atoms. The number of aliphatic imine (C=N–C) groups is 1. The molecule has 1 heterocycles. The van der Waals surface area contributed by atoms with E-state index in [1.807, 2.05) is 6.92 Å². The highest BCUT2D eigenvalue weighted by molar-refractivity contribution is 14.0. The molecule has 3 N–H and O–H groups in total. The van der Waals surface area contributed by atoms with Gasteiger partial charge in [-0.3, -0.25) is 14.7 Å². The molecule has 0 saturated carbocycles. The highest BCUT2D eigenvalue weighted by Gasteiger charge is 2.21.